The molecule has 1 aromatic heterocycles. The van der Waals surface area contributed by atoms with Gasteiger partial charge in [0, 0.05) is 36.8 Å². The summed E-state index contributed by atoms with van der Waals surface area (Å²) >= 11 is 0. The number of hydrogen-bond donors (Lipinski definition) is 2. The van der Waals surface area contributed by atoms with E-state index in [1.807, 2.05) is 29.2 Å². The minimum Gasteiger partial charge on any atom is -0.483 e. The Morgan fingerprint density at radius 2 is 2.16 bits per heavy atom. The summed E-state index contributed by atoms with van der Waals surface area (Å²) in [5.74, 6) is 0.146. The Bertz CT molecular complexity index is 717. The Kier molecular flexibility index (Phi) is 5.45. The quantitative estimate of drug-likeness (QED) is 0.811. The highest BCUT2D eigenvalue weighted by Crippen LogP contribution is 2.23. The van der Waals surface area contributed by atoms with E-state index in [9.17, 15) is 4.79 Å². The van der Waals surface area contributed by atoms with Crippen molar-refractivity contribution in [3.8, 4) is 11.3 Å². The van der Waals surface area contributed by atoms with Gasteiger partial charge in [0.25, 0.3) is 12.4 Å². The van der Waals surface area contributed by atoms with Gasteiger partial charge in [0.15, 0.2) is 0 Å². The first-order chi connectivity index (χ1) is 12.2. The summed E-state index contributed by atoms with van der Waals surface area (Å²) in [5, 5.41) is 6.89. The SMILES string of the molecule is O=C(c1cccc(-c2cnc[nH]2)c1)N1CCN2CCCC2C1.O=CO. The average molecular weight is 342 g/mol. The van der Waals surface area contributed by atoms with Crippen LogP contribution in [-0.4, -0.2) is 69.5 Å². The van der Waals surface area contributed by atoms with Gasteiger partial charge in [0.1, 0.15) is 0 Å². The molecule has 2 fully saturated rings. The maximum absolute atomic E-state index is 12.8. The van der Waals surface area contributed by atoms with Crippen LogP contribution in [0.25, 0.3) is 11.3 Å². The van der Waals surface area contributed by atoms with Gasteiger partial charge in [-0.05, 0) is 31.5 Å². The molecule has 2 N–H and O–H groups in total. The van der Waals surface area contributed by atoms with E-state index in [0.29, 0.717) is 6.04 Å². The molecule has 7 heteroatoms. The Hall–Kier alpha value is -2.67. The Morgan fingerprint density at radius 1 is 1.32 bits per heavy atom. The molecular weight excluding hydrogens is 320 g/mol. The van der Waals surface area contributed by atoms with Gasteiger partial charge < -0.3 is 15.0 Å². The van der Waals surface area contributed by atoms with Crippen LogP contribution < -0.4 is 0 Å². The minimum atomic E-state index is -0.250. The highest BCUT2D eigenvalue weighted by molar-refractivity contribution is 5.95. The van der Waals surface area contributed by atoms with Gasteiger partial charge in [0.2, 0.25) is 0 Å². The molecule has 2 saturated heterocycles. The number of nitrogens with zero attached hydrogens (tertiary/aromatic N) is 3. The van der Waals surface area contributed by atoms with Crippen LogP contribution in [0.4, 0.5) is 0 Å². The van der Waals surface area contributed by atoms with Crippen LogP contribution >= 0.6 is 0 Å². The number of benzene rings is 1. The number of piperazine rings is 1. The highest BCUT2D eigenvalue weighted by atomic mass is 16.3. The van der Waals surface area contributed by atoms with Crippen LogP contribution in [0.15, 0.2) is 36.8 Å². The number of rotatable bonds is 2. The number of aromatic amines is 1. The topological polar surface area (TPSA) is 89.5 Å². The summed E-state index contributed by atoms with van der Waals surface area (Å²) in [6, 6.07) is 8.36. The number of fused-ring (bicyclic) bond motifs is 1. The van der Waals surface area contributed by atoms with Crippen molar-refractivity contribution in [2.24, 2.45) is 0 Å². The fraction of sp³-hybridized carbons (Fsp3) is 0.389. The largest absolute Gasteiger partial charge is 0.483 e. The zero-order valence-electron chi connectivity index (χ0n) is 14.0. The average Bonchev–Trinajstić information content (AvgIpc) is 3.33. The van der Waals surface area contributed by atoms with Crippen molar-refractivity contribution >= 4 is 12.4 Å². The maximum Gasteiger partial charge on any atom is 0.290 e. The molecule has 2 aliphatic rings. The van der Waals surface area contributed by atoms with E-state index in [1.165, 1.54) is 19.4 Å². The summed E-state index contributed by atoms with van der Waals surface area (Å²) in [5.41, 5.74) is 2.71. The van der Waals surface area contributed by atoms with E-state index in [2.05, 4.69) is 14.9 Å². The summed E-state index contributed by atoms with van der Waals surface area (Å²) in [4.78, 5) is 32.8. The van der Waals surface area contributed by atoms with E-state index in [-0.39, 0.29) is 12.4 Å². The maximum atomic E-state index is 12.8. The van der Waals surface area contributed by atoms with Crippen molar-refractivity contribution in [2.45, 2.75) is 18.9 Å². The number of carbonyl (C=O) groups is 2. The third kappa shape index (κ3) is 3.88. The zero-order valence-corrected chi connectivity index (χ0v) is 14.0. The number of carboxylic acid groups (broad SMARTS) is 1. The molecule has 2 aliphatic heterocycles. The van der Waals surface area contributed by atoms with Crippen molar-refractivity contribution in [3.63, 3.8) is 0 Å². The summed E-state index contributed by atoms with van der Waals surface area (Å²) in [6.07, 6.45) is 5.92. The second kappa shape index (κ2) is 7.94. The second-order valence-electron chi connectivity index (χ2n) is 6.23. The fourth-order valence-corrected chi connectivity index (χ4v) is 3.59. The molecule has 1 unspecified atom stereocenters. The van der Waals surface area contributed by atoms with E-state index >= 15 is 0 Å². The third-order valence-electron chi connectivity index (χ3n) is 4.79. The first-order valence-corrected chi connectivity index (χ1v) is 8.43. The Labute approximate surface area is 146 Å². The van der Waals surface area contributed by atoms with Crippen molar-refractivity contribution in [1.82, 2.24) is 19.8 Å². The lowest BCUT2D eigenvalue weighted by Crippen LogP contribution is -2.52. The predicted octanol–water partition coefficient (Wildman–Crippen LogP) is 1.70. The van der Waals surface area contributed by atoms with Crippen LogP contribution in [0.5, 0.6) is 0 Å². The molecule has 4 rings (SSSR count). The number of H-pyrrole nitrogens is 1. The van der Waals surface area contributed by atoms with Crippen LogP contribution in [0, 0.1) is 0 Å². The van der Waals surface area contributed by atoms with Crippen molar-refractivity contribution in [3.05, 3.63) is 42.4 Å². The van der Waals surface area contributed by atoms with Crippen molar-refractivity contribution in [1.29, 1.82) is 0 Å². The highest BCUT2D eigenvalue weighted by Gasteiger charge is 2.32. The van der Waals surface area contributed by atoms with Gasteiger partial charge in [-0.2, -0.15) is 0 Å². The van der Waals surface area contributed by atoms with Gasteiger partial charge in [-0.15, -0.1) is 0 Å². The number of carbonyl (C=O) groups excluding carboxylic acids is 1. The van der Waals surface area contributed by atoms with E-state index in [4.69, 9.17) is 9.90 Å². The molecule has 7 nitrogen and oxygen atoms in total. The summed E-state index contributed by atoms with van der Waals surface area (Å²) < 4.78 is 0. The van der Waals surface area contributed by atoms with Gasteiger partial charge >= 0.3 is 0 Å². The van der Waals surface area contributed by atoms with Crippen LogP contribution in [0.1, 0.15) is 23.2 Å². The number of hydrogen-bond acceptors (Lipinski definition) is 4. The van der Waals surface area contributed by atoms with Crippen molar-refractivity contribution in [2.75, 3.05) is 26.2 Å². The lowest BCUT2D eigenvalue weighted by Gasteiger charge is -2.37. The molecule has 0 radical (unpaired) electrons. The first-order valence-electron chi connectivity index (χ1n) is 8.43. The summed E-state index contributed by atoms with van der Waals surface area (Å²) in [7, 11) is 0. The predicted molar refractivity (Wildman–Crippen MR) is 93.2 cm³/mol. The zero-order chi connectivity index (χ0) is 17.6. The van der Waals surface area contributed by atoms with E-state index < -0.39 is 0 Å². The third-order valence-corrected chi connectivity index (χ3v) is 4.79. The minimum absolute atomic E-state index is 0.146. The first kappa shape index (κ1) is 17.2. The molecule has 2 aromatic rings. The molecule has 0 bridgehead atoms. The van der Waals surface area contributed by atoms with Crippen LogP contribution in [0.2, 0.25) is 0 Å². The van der Waals surface area contributed by atoms with Crippen LogP contribution in [-0.2, 0) is 4.79 Å². The normalized spacial score (nSPS) is 19.7. The molecule has 0 aliphatic carbocycles. The van der Waals surface area contributed by atoms with Crippen LogP contribution in [0.3, 0.4) is 0 Å². The monoisotopic (exact) mass is 342 g/mol. The van der Waals surface area contributed by atoms with E-state index in [0.717, 1.165) is 36.5 Å². The number of amides is 1. The molecule has 0 saturated carbocycles. The molecule has 1 amide bonds. The molecule has 1 aromatic carbocycles. The molecule has 25 heavy (non-hydrogen) atoms. The lowest BCUT2D eigenvalue weighted by molar-refractivity contribution is -0.122. The smallest absolute Gasteiger partial charge is 0.290 e. The van der Waals surface area contributed by atoms with E-state index in [1.54, 1.807) is 12.5 Å². The molecule has 1 atom stereocenters. The Morgan fingerprint density at radius 3 is 2.92 bits per heavy atom. The standard InChI is InChI=1S/C17H20N4O.CH2O2/c22-17(21-8-7-20-6-2-5-15(20)11-21)14-4-1-3-13(9-14)16-10-18-12-19-16;2-1-3/h1,3-4,9-10,12,15H,2,5-8,11H2,(H,18,19);1H,(H,2,3). The second-order valence-corrected chi connectivity index (χ2v) is 6.23. The van der Waals surface area contributed by atoms with Crippen molar-refractivity contribution < 1.29 is 14.7 Å². The van der Waals surface area contributed by atoms with Gasteiger partial charge in [-0.25, -0.2) is 4.98 Å². The van der Waals surface area contributed by atoms with Gasteiger partial charge in [0.05, 0.1) is 18.2 Å². The molecule has 0 spiro atoms. The number of nitrogens with one attached hydrogen (secondary N) is 1. The van der Waals surface area contributed by atoms with Gasteiger partial charge in [-0.1, -0.05) is 12.1 Å². The Balaban J connectivity index is 0.000000569. The number of aromatic nitrogens is 2. The summed E-state index contributed by atoms with van der Waals surface area (Å²) in [6.45, 7) is 3.66. The lowest BCUT2D eigenvalue weighted by atomic mass is 10.1. The molecule has 3 heterocycles. The molecular formula is C18H22N4O3. The molecule has 132 valence electrons. The number of imidazole rings is 1. The van der Waals surface area contributed by atoms with Gasteiger partial charge in [-0.3, -0.25) is 14.5 Å². The fourth-order valence-electron chi connectivity index (χ4n) is 3.59.